The molecule has 0 saturated heterocycles. The van der Waals surface area contributed by atoms with Crippen LogP contribution in [0.2, 0.25) is 0 Å². The van der Waals surface area contributed by atoms with Crippen molar-refractivity contribution < 1.29 is 5.17 Å². The molecule has 0 fully saturated rings. The van der Waals surface area contributed by atoms with Crippen LogP contribution in [0.4, 0.5) is 0 Å². The van der Waals surface area contributed by atoms with Gasteiger partial charge in [-0.2, -0.15) is 5.43 Å². The summed E-state index contributed by atoms with van der Waals surface area (Å²) in [5.41, 5.74) is 3.12. The fourth-order valence-corrected chi connectivity index (χ4v) is 1.21. The lowest BCUT2D eigenvalue weighted by atomic mass is 9.78. The van der Waals surface area contributed by atoms with E-state index in [0.29, 0.717) is 12.5 Å². The molecule has 1 unspecified atom stereocenters. The summed E-state index contributed by atoms with van der Waals surface area (Å²) in [6, 6.07) is 0. The van der Waals surface area contributed by atoms with Gasteiger partial charge in [0.25, 0.3) is 0 Å². The molecular weight excluding hydrogens is 188 g/mol. The molecule has 1 atom stereocenters. The number of hydrogen-bond acceptors (Lipinski definition) is 2. The molecule has 0 saturated carbocycles. The summed E-state index contributed by atoms with van der Waals surface area (Å²) in [6.45, 7) is 15.5. The minimum atomic E-state index is -0.112. The highest BCUT2D eigenvalue weighted by Gasteiger charge is 2.24. The Hall–Kier alpha value is -0.120. The number of nitrogens with one attached hydrogen (secondary N) is 2. The van der Waals surface area contributed by atoms with Crippen LogP contribution in [0.15, 0.2) is 0 Å². The van der Waals surface area contributed by atoms with Gasteiger partial charge in [0, 0.05) is 6.42 Å². The molecule has 2 N–H and O–H groups in total. The zero-order valence-corrected chi connectivity index (χ0v) is 11.4. The van der Waals surface area contributed by atoms with E-state index >= 15 is 0 Å². The van der Waals surface area contributed by atoms with Crippen LogP contribution in [-0.2, 0) is 0 Å². The highest BCUT2D eigenvalue weighted by Crippen LogP contribution is 2.28. The van der Waals surface area contributed by atoms with Crippen molar-refractivity contribution >= 4 is 0 Å². The predicted octanol–water partition coefficient (Wildman–Crippen LogP) is 1.74. The second-order valence-electron chi connectivity index (χ2n) is 6.44. The largest absolute Gasteiger partial charge is 0.613 e. The molecule has 0 aromatic heterocycles. The molecule has 92 valence electrons. The predicted molar refractivity (Wildman–Crippen MR) is 65.3 cm³/mol. The molecule has 0 aliphatic carbocycles. The summed E-state index contributed by atoms with van der Waals surface area (Å²) in [4.78, 5) is 0. The molecule has 0 aromatic rings. The van der Waals surface area contributed by atoms with E-state index in [2.05, 4.69) is 33.1 Å². The first-order chi connectivity index (χ1) is 6.54. The van der Waals surface area contributed by atoms with Crippen molar-refractivity contribution in [2.75, 3.05) is 6.54 Å². The third kappa shape index (κ3) is 6.88. The van der Waals surface area contributed by atoms with E-state index in [-0.39, 0.29) is 16.1 Å². The SMILES string of the molecule is CC(C)C(C)(C)CC[NH+]([O-])NC(C)(C)C. The van der Waals surface area contributed by atoms with E-state index in [1.807, 2.05) is 20.8 Å². The molecule has 3 nitrogen and oxygen atoms in total. The van der Waals surface area contributed by atoms with Gasteiger partial charge >= 0.3 is 0 Å². The highest BCUT2D eigenvalue weighted by atomic mass is 16.5. The first kappa shape index (κ1) is 14.9. The topological polar surface area (TPSA) is 39.5 Å². The number of hydroxylamine groups is 1. The van der Waals surface area contributed by atoms with Crippen LogP contribution in [0, 0.1) is 16.5 Å². The van der Waals surface area contributed by atoms with Crippen LogP contribution in [0.25, 0.3) is 0 Å². The van der Waals surface area contributed by atoms with Crippen LogP contribution in [0.5, 0.6) is 0 Å². The van der Waals surface area contributed by atoms with Crippen LogP contribution in [0.1, 0.15) is 54.9 Å². The molecule has 15 heavy (non-hydrogen) atoms. The second-order valence-corrected chi connectivity index (χ2v) is 6.44. The number of rotatable bonds is 5. The van der Waals surface area contributed by atoms with Crippen LogP contribution in [-0.4, -0.2) is 12.1 Å². The van der Waals surface area contributed by atoms with Crippen molar-refractivity contribution in [3.05, 3.63) is 5.21 Å². The number of hydrogen-bond donors (Lipinski definition) is 2. The van der Waals surface area contributed by atoms with Crippen LogP contribution < -0.4 is 10.6 Å². The first-order valence-electron chi connectivity index (χ1n) is 5.85. The Kier molecular flexibility index (Phi) is 5.24. The van der Waals surface area contributed by atoms with Gasteiger partial charge < -0.3 is 5.21 Å². The maximum absolute atomic E-state index is 11.6. The quantitative estimate of drug-likeness (QED) is 0.687. The highest BCUT2D eigenvalue weighted by molar-refractivity contribution is 4.71. The standard InChI is InChI=1S/C12H28N2O/c1-10(2)12(6,7)8-9-14(15)13-11(3,4)5/h10,13-14H,8-9H2,1-7H3. The summed E-state index contributed by atoms with van der Waals surface area (Å²) >= 11 is 0. The second kappa shape index (κ2) is 5.28. The van der Waals surface area contributed by atoms with Gasteiger partial charge in [-0.25, -0.2) is 0 Å². The van der Waals surface area contributed by atoms with Gasteiger partial charge in [-0.05, 0) is 32.1 Å². The van der Waals surface area contributed by atoms with Crippen molar-refractivity contribution in [1.82, 2.24) is 5.43 Å². The maximum atomic E-state index is 11.6. The minimum Gasteiger partial charge on any atom is -0.613 e. The normalized spacial score (nSPS) is 15.8. The molecule has 0 amide bonds. The van der Waals surface area contributed by atoms with Gasteiger partial charge in [-0.15, -0.1) is 0 Å². The van der Waals surface area contributed by atoms with Crippen molar-refractivity contribution in [3.63, 3.8) is 0 Å². The van der Waals surface area contributed by atoms with Crippen molar-refractivity contribution in [2.24, 2.45) is 11.3 Å². The Balaban J connectivity index is 3.96. The zero-order valence-electron chi connectivity index (χ0n) is 11.4. The summed E-state index contributed by atoms with van der Waals surface area (Å²) < 4.78 is 0. The van der Waals surface area contributed by atoms with Gasteiger partial charge in [0.1, 0.15) is 0 Å². The van der Waals surface area contributed by atoms with E-state index in [9.17, 15) is 5.21 Å². The molecule has 0 aliphatic heterocycles. The molecular formula is C12H28N2O. The Morgan fingerprint density at radius 3 is 1.93 bits per heavy atom. The molecule has 0 bridgehead atoms. The van der Waals surface area contributed by atoms with Gasteiger partial charge in [0.15, 0.2) is 0 Å². The molecule has 0 aromatic carbocycles. The molecule has 0 spiro atoms. The lowest BCUT2D eigenvalue weighted by molar-refractivity contribution is -0.903. The molecule has 0 radical (unpaired) electrons. The van der Waals surface area contributed by atoms with Crippen molar-refractivity contribution in [3.8, 4) is 0 Å². The lowest BCUT2D eigenvalue weighted by Crippen LogP contribution is -3.16. The van der Waals surface area contributed by atoms with Crippen LogP contribution >= 0.6 is 0 Å². The lowest BCUT2D eigenvalue weighted by Gasteiger charge is -2.34. The molecule has 0 heterocycles. The van der Waals surface area contributed by atoms with E-state index in [1.54, 1.807) is 0 Å². The molecule has 3 heteroatoms. The van der Waals surface area contributed by atoms with E-state index in [0.717, 1.165) is 6.42 Å². The third-order valence-corrected chi connectivity index (χ3v) is 3.07. The van der Waals surface area contributed by atoms with Gasteiger partial charge in [-0.1, -0.05) is 27.7 Å². The Morgan fingerprint density at radius 1 is 1.13 bits per heavy atom. The molecule has 0 rings (SSSR count). The Morgan fingerprint density at radius 2 is 1.60 bits per heavy atom. The minimum absolute atomic E-state index is 0.112. The summed E-state index contributed by atoms with van der Waals surface area (Å²) in [5, 5.41) is 11.8. The fourth-order valence-electron chi connectivity index (χ4n) is 1.21. The Labute approximate surface area is 94.8 Å². The summed E-state index contributed by atoms with van der Waals surface area (Å²) in [6.07, 6.45) is 0.951. The van der Waals surface area contributed by atoms with Gasteiger partial charge in [0.2, 0.25) is 0 Å². The third-order valence-electron chi connectivity index (χ3n) is 3.07. The monoisotopic (exact) mass is 216 g/mol. The van der Waals surface area contributed by atoms with E-state index in [1.165, 1.54) is 0 Å². The smallest absolute Gasteiger partial charge is 0.0949 e. The Bertz CT molecular complexity index is 183. The zero-order chi connectivity index (χ0) is 12.3. The average Bonchev–Trinajstić information content (AvgIpc) is 1.97. The fraction of sp³-hybridized carbons (Fsp3) is 1.00. The summed E-state index contributed by atoms with van der Waals surface area (Å²) in [5.74, 6) is 0.611. The van der Waals surface area contributed by atoms with Crippen molar-refractivity contribution in [2.45, 2.75) is 60.4 Å². The maximum Gasteiger partial charge on any atom is 0.0949 e. The van der Waals surface area contributed by atoms with Crippen LogP contribution in [0.3, 0.4) is 0 Å². The van der Waals surface area contributed by atoms with Gasteiger partial charge in [0.05, 0.1) is 12.1 Å². The number of quaternary nitrogens is 1. The van der Waals surface area contributed by atoms with Crippen molar-refractivity contribution in [1.29, 1.82) is 0 Å². The molecule has 0 aliphatic rings. The van der Waals surface area contributed by atoms with E-state index < -0.39 is 0 Å². The van der Waals surface area contributed by atoms with E-state index in [4.69, 9.17) is 0 Å². The average molecular weight is 216 g/mol. The summed E-state index contributed by atoms with van der Waals surface area (Å²) in [7, 11) is 0. The first-order valence-corrected chi connectivity index (χ1v) is 5.85. The van der Waals surface area contributed by atoms with Gasteiger partial charge in [-0.3, -0.25) is 5.17 Å².